The molecular weight excluding hydrogens is 335 g/mol. The van der Waals surface area contributed by atoms with Crippen LogP contribution < -0.4 is 5.32 Å². The number of esters is 1. The molecular formula is C20H21FN2O3. The second-order valence-corrected chi connectivity index (χ2v) is 6.49. The SMILES string of the molecule is COC(=O)[C@H]1CC[C@H](NC(=O)c2ccc(-c3cccc(F)c3)nc2)CC1. The Morgan fingerprint density at radius 3 is 2.54 bits per heavy atom. The van der Waals surface area contributed by atoms with E-state index >= 15 is 0 Å². The van der Waals surface area contributed by atoms with E-state index in [9.17, 15) is 14.0 Å². The second-order valence-electron chi connectivity index (χ2n) is 6.49. The van der Waals surface area contributed by atoms with Crippen molar-refractivity contribution in [2.75, 3.05) is 7.11 Å². The molecule has 0 saturated heterocycles. The van der Waals surface area contributed by atoms with Gasteiger partial charge >= 0.3 is 5.97 Å². The number of carbonyl (C=O) groups excluding carboxylic acids is 2. The molecule has 1 aliphatic carbocycles. The highest BCUT2D eigenvalue weighted by molar-refractivity contribution is 5.94. The van der Waals surface area contributed by atoms with Crippen molar-refractivity contribution in [1.82, 2.24) is 10.3 Å². The summed E-state index contributed by atoms with van der Waals surface area (Å²) in [5.41, 5.74) is 1.73. The van der Waals surface area contributed by atoms with Crippen molar-refractivity contribution in [1.29, 1.82) is 0 Å². The lowest BCUT2D eigenvalue weighted by Crippen LogP contribution is -2.38. The molecule has 0 bridgehead atoms. The molecule has 1 amide bonds. The molecule has 6 heteroatoms. The van der Waals surface area contributed by atoms with Crippen molar-refractivity contribution < 1.29 is 18.7 Å². The molecule has 3 rings (SSSR count). The summed E-state index contributed by atoms with van der Waals surface area (Å²) >= 11 is 0. The zero-order valence-electron chi connectivity index (χ0n) is 14.6. The average Bonchev–Trinajstić information content (AvgIpc) is 2.68. The molecule has 1 aromatic carbocycles. The van der Waals surface area contributed by atoms with Crippen LogP contribution in [0.1, 0.15) is 36.0 Å². The van der Waals surface area contributed by atoms with E-state index in [1.165, 1.54) is 25.4 Å². The summed E-state index contributed by atoms with van der Waals surface area (Å²) in [6.07, 6.45) is 4.43. The van der Waals surface area contributed by atoms with E-state index in [2.05, 4.69) is 10.3 Å². The van der Waals surface area contributed by atoms with Gasteiger partial charge in [0.25, 0.3) is 5.91 Å². The number of carbonyl (C=O) groups is 2. The minimum atomic E-state index is -0.325. The Kier molecular flexibility index (Phi) is 5.61. The van der Waals surface area contributed by atoms with Gasteiger partial charge in [0.15, 0.2) is 0 Å². The maximum absolute atomic E-state index is 13.3. The topological polar surface area (TPSA) is 68.3 Å². The molecule has 0 spiro atoms. The molecule has 0 atom stereocenters. The van der Waals surface area contributed by atoms with Gasteiger partial charge in [-0.25, -0.2) is 4.39 Å². The molecule has 1 saturated carbocycles. The van der Waals surface area contributed by atoms with E-state index in [-0.39, 0.29) is 29.7 Å². The molecule has 0 unspecified atom stereocenters. The normalized spacial score (nSPS) is 19.6. The van der Waals surface area contributed by atoms with E-state index < -0.39 is 0 Å². The number of aromatic nitrogens is 1. The standard InChI is InChI=1S/C20H21FN2O3/c1-26-20(25)13-5-8-17(9-6-13)23-19(24)15-7-10-18(22-12-15)14-3-2-4-16(21)11-14/h2-4,7,10-13,17H,5-6,8-9H2,1H3,(H,23,24)/t13-,17-. The largest absolute Gasteiger partial charge is 0.469 e. The summed E-state index contributed by atoms with van der Waals surface area (Å²) in [7, 11) is 1.40. The maximum Gasteiger partial charge on any atom is 0.308 e. The van der Waals surface area contributed by atoms with Crippen LogP contribution >= 0.6 is 0 Å². The molecule has 1 aromatic heterocycles. The molecule has 1 heterocycles. The fourth-order valence-electron chi connectivity index (χ4n) is 3.26. The number of ether oxygens (including phenoxy) is 1. The monoisotopic (exact) mass is 356 g/mol. The van der Waals surface area contributed by atoms with E-state index in [1.807, 2.05) is 0 Å². The third kappa shape index (κ3) is 4.25. The van der Waals surface area contributed by atoms with E-state index in [4.69, 9.17) is 4.74 Å². The summed E-state index contributed by atoms with van der Waals surface area (Å²) in [6.45, 7) is 0. The molecule has 0 radical (unpaired) electrons. The Bertz CT molecular complexity index is 784. The van der Waals surface area contributed by atoms with Crippen molar-refractivity contribution >= 4 is 11.9 Å². The third-order valence-electron chi connectivity index (χ3n) is 4.74. The lowest BCUT2D eigenvalue weighted by Gasteiger charge is -2.27. The number of amides is 1. The van der Waals surface area contributed by atoms with E-state index in [0.717, 1.165) is 12.8 Å². The van der Waals surface area contributed by atoms with Crippen LogP contribution in [-0.4, -0.2) is 30.0 Å². The minimum Gasteiger partial charge on any atom is -0.469 e. The predicted molar refractivity (Wildman–Crippen MR) is 94.9 cm³/mol. The van der Waals surface area contributed by atoms with Crippen LogP contribution in [0, 0.1) is 11.7 Å². The lowest BCUT2D eigenvalue weighted by atomic mass is 9.86. The van der Waals surface area contributed by atoms with Crippen molar-refractivity contribution in [3.05, 3.63) is 54.0 Å². The van der Waals surface area contributed by atoms with E-state index in [1.54, 1.807) is 24.3 Å². The average molecular weight is 356 g/mol. The Morgan fingerprint density at radius 2 is 1.92 bits per heavy atom. The van der Waals surface area contributed by atoms with Gasteiger partial charge in [-0.2, -0.15) is 0 Å². The first-order valence-corrected chi connectivity index (χ1v) is 8.67. The highest BCUT2D eigenvalue weighted by atomic mass is 19.1. The van der Waals surface area contributed by atoms with Gasteiger partial charge in [0.2, 0.25) is 0 Å². The van der Waals surface area contributed by atoms with Crippen molar-refractivity contribution in [3.63, 3.8) is 0 Å². The number of rotatable bonds is 4. The number of benzene rings is 1. The van der Waals surface area contributed by atoms with Crippen molar-refractivity contribution in [3.8, 4) is 11.3 Å². The molecule has 136 valence electrons. The van der Waals surface area contributed by atoms with Gasteiger partial charge in [0.1, 0.15) is 5.82 Å². The summed E-state index contributed by atoms with van der Waals surface area (Å²) in [4.78, 5) is 28.2. The Balaban J connectivity index is 1.58. The number of hydrogen-bond acceptors (Lipinski definition) is 4. The van der Waals surface area contributed by atoms with Gasteiger partial charge in [0.05, 0.1) is 24.3 Å². The first kappa shape index (κ1) is 18.0. The Labute approximate surface area is 151 Å². The first-order valence-electron chi connectivity index (χ1n) is 8.67. The van der Waals surface area contributed by atoms with E-state index in [0.29, 0.717) is 29.7 Å². The van der Waals surface area contributed by atoms with Gasteiger partial charge < -0.3 is 10.1 Å². The highest BCUT2D eigenvalue weighted by Crippen LogP contribution is 2.25. The molecule has 0 aliphatic heterocycles. The Hall–Kier alpha value is -2.76. The number of pyridine rings is 1. The predicted octanol–water partition coefficient (Wildman–Crippen LogP) is 3.35. The van der Waals surface area contributed by atoms with Crippen LogP contribution in [0.4, 0.5) is 4.39 Å². The zero-order valence-corrected chi connectivity index (χ0v) is 14.6. The number of methoxy groups -OCH3 is 1. The lowest BCUT2D eigenvalue weighted by molar-refractivity contribution is -0.146. The number of nitrogens with one attached hydrogen (secondary N) is 1. The molecule has 2 aromatic rings. The number of nitrogens with zero attached hydrogens (tertiary/aromatic N) is 1. The summed E-state index contributed by atoms with van der Waals surface area (Å²) in [5, 5.41) is 2.99. The number of hydrogen-bond donors (Lipinski definition) is 1. The van der Waals surface area contributed by atoms with Gasteiger partial charge in [-0.05, 0) is 49.9 Å². The fraction of sp³-hybridized carbons (Fsp3) is 0.350. The smallest absolute Gasteiger partial charge is 0.308 e. The van der Waals surface area contributed by atoms with Gasteiger partial charge in [-0.15, -0.1) is 0 Å². The zero-order chi connectivity index (χ0) is 18.5. The maximum atomic E-state index is 13.3. The first-order chi connectivity index (χ1) is 12.6. The highest BCUT2D eigenvalue weighted by Gasteiger charge is 2.27. The summed E-state index contributed by atoms with van der Waals surface area (Å²) in [6, 6.07) is 9.61. The van der Waals surface area contributed by atoms with Gasteiger partial charge in [-0.1, -0.05) is 12.1 Å². The van der Waals surface area contributed by atoms with Crippen LogP contribution in [0.3, 0.4) is 0 Å². The van der Waals surface area contributed by atoms with Gasteiger partial charge in [0, 0.05) is 17.8 Å². The molecule has 1 N–H and O–H groups in total. The quantitative estimate of drug-likeness (QED) is 0.853. The van der Waals surface area contributed by atoms with Crippen LogP contribution in [0.5, 0.6) is 0 Å². The van der Waals surface area contributed by atoms with Crippen LogP contribution in [0.15, 0.2) is 42.6 Å². The third-order valence-corrected chi connectivity index (χ3v) is 4.74. The van der Waals surface area contributed by atoms with Gasteiger partial charge in [-0.3, -0.25) is 14.6 Å². The second kappa shape index (κ2) is 8.08. The van der Waals surface area contributed by atoms with Crippen LogP contribution in [-0.2, 0) is 9.53 Å². The molecule has 1 aliphatic rings. The fourth-order valence-corrected chi connectivity index (χ4v) is 3.26. The molecule has 26 heavy (non-hydrogen) atoms. The van der Waals surface area contributed by atoms with Crippen LogP contribution in [0.2, 0.25) is 0 Å². The number of halogens is 1. The van der Waals surface area contributed by atoms with Crippen LogP contribution in [0.25, 0.3) is 11.3 Å². The van der Waals surface area contributed by atoms with Crippen molar-refractivity contribution in [2.24, 2.45) is 5.92 Å². The molecule has 1 fully saturated rings. The van der Waals surface area contributed by atoms with Crippen molar-refractivity contribution in [2.45, 2.75) is 31.7 Å². The minimum absolute atomic E-state index is 0.0475. The summed E-state index contributed by atoms with van der Waals surface area (Å²) in [5.74, 6) is -0.759. The molecule has 5 nitrogen and oxygen atoms in total. The Morgan fingerprint density at radius 1 is 1.15 bits per heavy atom. The summed E-state index contributed by atoms with van der Waals surface area (Å²) < 4.78 is 18.1.